The number of aromatic amines is 1. The normalized spacial score (nSPS) is 10.6. The molecule has 0 aliphatic heterocycles. The summed E-state index contributed by atoms with van der Waals surface area (Å²) in [6.45, 7) is 2.29. The van der Waals surface area contributed by atoms with E-state index in [0.29, 0.717) is 28.0 Å². The molecule has 0 saturated heterocycles. The van der Waals surface area contributed by atoms with Crippen molar-refractivity contribution in [3.8, 4) is 5.75 Å². The Balaban J connectivity index is 1.58. The van der Waals surface area contributed by atoms with Crippen LogP contribution in [0, 0.1) is 13.8 Å². The summed E-state index contributed by atoms with van der Waals surface area (Å²) in [7, 11) is 1.25. The highest BCUT2D eigenvalue weighted by Crippen LogP contribution is 2.20. The first-order valence-electron chi connectivity index (χ1n) is 8.93. The Bertz CT molecular complexity index is 1190. The van der Waals surface area contributed by atoms with Crippen molar-refractivity contribution in [3.05, 3.63) is 63.3 Å². The summed E-state index contributed by atoms with van der Waals surface area (Å²) in [6.07, 6.45) is 0. The molecule has 9 nitrogen and oxygen atoms in total. The first-order chi connectivity index (χ1) is 14.3. The third-order valence-electron chi connectivity index (χ3n) is 4.42. The molecule has 30 heavy (non-hydrogen) atoms. The molecule has 0 aliphatic carbocycles. The lowest BCUT2D eigenvalue weighted by molar-refractivity contribution is -0.144. The number of carbonyl (C=O) groups is 3. The smallest absolute Gasteiger partial charge is 0.344 e. The molecule has 0 bridgehead atoms. The van der Waals surface area contributed by atoms with E-state index in [4.69, 9.17) is 18.6 Å². The summed E-state index contributed by atoms with van der Waals surface area (Å²) < 4.78 is 20.0. The van der Waals surface area contributed by atoms with Gasteiger partial charge in [0, 0.05) is 23.2 Å². The zero-order valence-corrected chi connectivity index (χ0v) is 16.6. The van der Waals surface area contributed by atoms with E-state index in [-0.39, 0.29) is 11.3 Å². The number of aryl methyl sites for hydroxylation is 1. The minimum atomic E-state index is -0.757. The van der Waals surface area contributed by atoms with E-state index in [1.165, 1.54) is 19.2 Å². The molecule has 3 aromatic rings. The fourth-order valence-corrected chi connectivity index (χ4v) is 2.97. The molecule has 0 saturated carbocycles. The summed E-state index contributed by atoms with van der Waals surface area (Å²) in [5.74, 6) is -1.51. The number of nitrogens with one attached hydrogen (secondary N) is 1. The molecule has 1 N–H and O–H groups in total. The Morgan fingerprint density at radius 2 is 1.80 bits per heavy atom. The predicted molar refractivity (Wildman–Crippen MR) is 105 cm³/mol. The molecule has 0 fully saturated rings. The maximum atomic E-state index is 12.4. The van der Waals surface area contributed by atoms with E-state index in [2.05, 4.69) is 4.98 Å². The average molecular weight is 413 g/mol. The van der Waals surface area contributed by atoms with Gasteiger partial charge in [-0.15, -0.1) is 0 Å². The van der Waals surface area contributed by atoms with Gasteiger partial charge in [-0.25, -0.2) is 14.4 Å². The van der Waals surface area contributed by atoms with Crippen LogP contribution < -0.4 is 10.4 Å². The molecule has 0 unspecified atom stereocenters. The fraction of sp³-hybridized carbons (Fsp3) is 0.238. The van der Waals surface area contributed by atoms with Gasteiger partial charge in [0.05, 0.1) is 18.4 Å². The van der Waals surface area contributed by atoms with E-state index in [9.17, 15) is 19.2 Å². The van der Waals surface area contributed by atoms with Crippen LogP contribution in [-0.4, -0.2) is 43.0 Å². The zero-order valence-electron chi connectivity index (χ0n) is 16.6. The van der Waals surface area contributed by atoms with Gasteiger partial charge >= 0.3 is 17.6 Å². The topological polar surface area (TPSA) is 125 Å². The van der Waals surface area contributed by atoms with Crippen molar-refractivity contribution in [1.29, 1.82) is 0 Å². The minimum Gasteiger partial charge on any atom is -0.482 e. The molecule has 0 atom stereocenters. The van der Waals surface area contributed by atoms with Gasteiger partial charge in [-0.1, -0.05) is 0 Å². The van der Waals surface area contributed by atoms with Crippen molar-refractivity contribution in [1.82, 2.24) is 4.98 Å². The standard InChI is InChI=1S/C21H19NO8/c1-11-19(21(26)27-3)12(2)22-20(11)15(23)9-29-18(25)10-28-14-6-4-13-5-7-17(24)30-16(13)8-14/h4-8,22H,9-10H2,1-3H3. The lowest BCUT2D eigenvalue weighted by Crippen LogP contribution is -2.20. The third-order valence-corrected chi connectivity index (χ3v) is 4.42. The van der Waals surface area contributed by atoms with Crippen LogP contribution in [-0.2, 0) is 14.3 Å². The lowest BCUT2D eigenvalue weighted by Gasteiger charge is -2.07. The second-order valence-electron chi connectivity index (χ2n) is 6.44. The number of ether oxygens (including phenoxy) is 3. The van der Waals surface area contributed by atoms with Crippen molar-refractivity contribution < 1.29 is 33.0 Å². The maximum absolute atomic E-state index is 12.4. The molecular weight excluding hydrogens is 394 g/mol. The third kappa shape index (κ3) is 4.40. The van der Waals surface area contributed by atoms with Gasteiger partial charge < -0.3 is 23.6 Å². The Labute approximate surface area is 170 Å². The number of Topliss-reactive ketones (excluding diaryl/α,β-unsaturated/α-hetero) is 1. The SMILES string of the molecule is COC(=O)c1c(C)[nH]c(C(=O)COC(=O)COc2ccc3ccc(=O)oc3c2)c1C. The number of ketones is 1. The molecule has 0 aliphatic rings. The number of hydrogen-bond acceptors (Lipinski definition) is 8. The summed E-state index contributed by atoms with van der Waals surface area (Å²) >= 11 is 0. The van der Waals surface area contributed by atoms with Crippen molar-refractivity contribution in [3.63, 3.8) is 0 Å². The minimum absolute atomic E-state index is 0.172. The quantitative estimate of drug-likeness (QED) is 0.355. The number of carbonyl (C=O) groups excluding carboxylic acids is 3. The number of methoxy groups -OCH3 is 1. The molecule has 2 aromatic heterocycles. The highest BCUT2D eigenvalue weighted by Gasteiger charge is 2.23. The van der Waals surface area contributed by atoms with Crippen LogP contribution >= 0.6 is 0 Å². The van der Waals surface area contributed by atoms with E-state index in [1.54, 1.807) is 32.0 Å². The van der Waals surface area contributed by atoms with Crippen LogP contribution in [0.15, 0.2) is 39.5 Å². The molecular formula is C21H19NO8. The molecule has 156 valence electrons. The van der Waals surface area contributed by atoms with Gasteiger partial charge in [0.25, 0.3) is 0 Å². The first-order valence-corrected chi connectivity index (χ1v) is 8.93. The van der Waals surface area contributed by atoms with Crippen LogP contribution in [0.2, 0.25) is 0 Å². The Morgan fingerprint density at radius 3 is 2.53 bits per heavy atom. The number of H-pyrrole nitrogens is 1. The zero-order chi connectivity index (χ0) is 21.8. The van der Waals surface area contributed by atoms with E-state index in [1.807, 2.05) is 0 Å². The Kier molecular flexibility index (Phi) is 6.01. The second kappa shape index (κ2) is 8.64. The van der Waals surface area contributed by atoms with Crippen LogP contribution in [0.1, 0.15) is 32.1 Å². The molecule has 0 amide bonds. The number of rotatable bonds is 7. The summed E-state index contributed by atoms with van der Waals surface area (Å²) in [5, 5.41) is 0.707. The number of benzene rings is 1. The van der Waals surface area contributed by atoms with Crippen LogP contribution in [0.3, 0.4) is 0 Å². The Morgan fingerprint density at radius 1 is 1.07 bits per heavy atom. The van der Waals surface area contributed by atoms with Crippen molar-refractivity contribution in [2.24, 2.45) is 0 Å². The molecule has 0 radical (unpaired) electrons. The number of hydrogen-bond donors (Lipinski definition) is 1. The van der Waals surface area contributed by atoms with Crippen molar-refractivity contribution in [2.75, 3.05) is 20.3 Å². The number of esters is 2. The summed E-state index contributed by atoms with van der Waals surface area (Å²) in [5.41, 5.74) is 1.18. The van der Waals surface area contributed by atoms with E-state index < -0.39 is 36.6 Å². The van der Waals surface area contributed by atoms with E-state index >= 15 is 0 Å². The Hall–Kier alpha value is -3.88. The number of aromatic nitrogens is 1. The van der Waals surface area contributed by atoms with Gasteiger partial charge in [-0.2, -0.15) is 0 Å². The molecule has 3 rings (SSSR count). The first kappa shape index (κ1) is 20.8. The maximum Gasteiger partial charge on any atom is 0.344 e. The molecule has 0 spiro atoms. The average Bonchev–Trinajstić information content (AvgIpc) is 3.03. The van der Waals surface area contributed by atoms with Crippen LogP contribution in [0.25, 0.3) is 11.0 Å². The monoisotopic (exact) mass is 413 g/mol. The van der Waals surface area contributed by atoms with Crippen LogP contribution in [0.4, 0.5) is 0 Å². The van der Waals surface area contributed by atoms with Crippen molar-refractivity contribution >= 4 is 28.7 Å². The highest BCUT2D eigenvalue weighted by atomic mass is 16.6. The van der Waals surface area contributed by atoms with Gasteiger partial charge in [-0.3, -0.25) is 4.79 Å². The number of fused-ring (bicyclic) bond motifs is 1. The highest BCUT2D eigenvalue weighted by molar-refractivity contribution is 6.02. The van der Waals surface area contributed by atoms with Gasteiger partial charge in [0.1, 0.15) is 11.3 Å². The van der Waals surface area contributed by atoms with Crippen molar-refractivity contribution in [2.45, 2.75) is 13.8 Å². The second-order valence-corrected chi connectivity index (χ2v) is 6.44. The molecule has 1 aromatic carbocycles. The van der Waals surface area contributed by atoms with Gasteiger partial charge in [-0.05, 0) is 37.6 Å². The lowest BCUT2D eigenvalue weighted by atomic mass is 10.1. The van der Waals surface area contributed by atoms with Crippen LogP contribution in [0.5, 0.6) is 5.75 Å². The summed E-state index contributed by atoms with van der Waals surface area (Å²) in [6, 6.07) is 7.69. The summed E-state index contributed by atoms with van der Waals surface area (Å²) in [4.78, 5) is 50.2. The van der Waals surface area contributed by atoms with Gasteiger partial charge in [0.15, 0.2) is 13.2 Å². The largest absolute Gasteiger partial charge is 0.482 e. The molecule has 9 heteroatoms. The van der Waals surface area contributed by atoms with Gasteiger partial charge in [0.2, 0.25) is 5.78 Å². The molecule has 2 heterocycles. The predicted octanol–water partition coefficient (Wildman–Crippen LogP) is 2.33. The fourth-order valence-electron chi connectivity index (χ4n) is 2.97. The van der Waals surface area contributed by atoms with E-state index in [0.717, 1.165) is 0 Å².